The van der Waals surface area contributed by atoms with E-state index in [1.165, 1.54) is 0 Å². The molecule has 2 amide bonds. The number of carbonyl (C=O) groups is 2. The minimum absolute atomic E-state index is 0.0443. The van der Waals surface area contributed by atoms with E-state index in [1.807, 2.05) is 6.92 Å². The molecule has 0 aromatic carbocycles. The summed E-state index contributed by atoms with van der Waals surface area (Å²) in [7, 11) is 0. The third-order valence-electron chi connectivity index (χ3n) is 3.25. The molecule has 18 heavy (non-hydrogen) atoms. The molecule has 6 nitrogen and oxygen atoms in total. The highest BCUT2D eigenvalue weighted by Crippen LogP contribution is 2.18. The summed E-state index contributed by atoms with van der Waals surface area (Å²) in [6.45, 7) is 3.87. The van der Waals surface area contributed by atoms with Gasteiger partial charge in [-0.15, -0.1) is 0 Å². The maximum absolute atomic E-state index is 12.1. The highest BCUT2D eigenvalue weighted by atomic mass is 16.4. The molecule has 0 aromatic heterocycles. The number of piperidine rings is 1. The van der Waals surface area contributed by atoms with E-state index in [9.17, 15) is 9.59 Å². The first-order chi connectivity index (χ1) is 8.60. The number of nitrogens with zero attached hydrogens (tertiary/aromatic N) is 2. The third-order valence-corrected chi connectivity index (χ3v) is 3.25. The Morgan fingerprint density at radius 2 is 1.89 bits per heavy atom. The highest BCUT2D eigenvalue weighted by molar-refractivity contribution is 5.75. The fourth-order valence-electron chi connectivity index (χ4n) is 2.21. The van der Waals surface area contributed by atoms with E-state index in [4.69, 9.17) is 10.2 Å². The molecule has 0 unspecified atom stereocenters. The number of carboxylic acid groups (broad SMARTS) is 1. The molecule has 6 heteroatoms. The Bertz CT molecular complexity index is 282. The predicted octanol–water partition coefficient (Wildman–Crippen LogP) is 0.607. The van der Waals surface area contributed by atoms with Gasteiger partial charge in [0.2, 0.25) is 0 Å². The number of rotatable bonds is 5. The Labute approximate surface area is 107 Å². The minimum atomic E-state index is -0.775. The van der Waals surface area contributed by atoms with Gasteiger partial charge in [-0.05, 0) is 19.3 Å². The van der Waals surface area contributed by atoms with Crippen LogP contribution in [0.3, 0.4) is 0 Å². The lowest BCUT2D eigenvalue weighted by Crippen LogP contribution is -2.48. The summed E-state index contributed by atoms with van der Waals surface area (Å²) in [4.78, 5) is 26.3. The van der Waals surface area contributed by atoms with Crippen LogP contribution in [-0.4, -0.2) is 64.8 Å². The lowest BCUT2D eigenvalue weighted by molar-refractivity contribution is -0.143. The summed E-state index contributed by atoms with van der Waals surface area (Å²) in [5.41, 5.74) is 0. The second-order valence-electron chi connectivity index (χ2n) is 4.59. The van der Waals surface area contributed by atoms with Crippen LogP contribution in [0.1, 0.15) is 26.2 Å². The average Bonchev–Trinajstić information content (AvgIpc) is 2.38. The maximum Gasteiger partial charge on any atom is 0.320 e. The van der Waals surface area contributed by atoms with Crippen molar-refractivity contribution in [1.82, 2.24) is 9.80 Å². The Morgan fingerprint density at radius 3 is 2.33 bits per heavy atom. The van der Waals surface area contributed by atoms with Gasteiger partial charge < -0.3 is 20.0 Å². The molecule has 0 aromatic rings. The van der Waals surface area contributed by atoms with Gasteiger partial charge in [0.15, 0.2) is 0 Å². The normalized spacial score (nSPS) is 16.7. The van der Waals surface area contributed by atoms with Crippen molar-refractivity contribution in [2.24, 2.45) is 5.92 Å². The fraction of sp³-hybridized carbons (Fsp3) is 0.833. The summed E-state index contributed by atoms with van der Waals surface area (Å²) < 4.78 is 0. The molecule has 0 radical (unpaired) electrons. The molecule has 0 aliphatic carbocycles. The Kier molecular flexibility index (Phi) is 5.91. The fourth-order valence-corrected chi connectivity index (χ4v) is 2.21. The van der Waals surface area contributed by atoms with Gasteiger partial charge in [0.05, 0.1) is 12.5 Å². The zero-order chi connectivity index (χ0) is 13.5. The zero-order valence-corrected chi connectivity index (χ0v) is 10.8. The van der Waals surface area contributed by atoms with Crippen molar-refractivity contribution < 1.29 is 19.8 Å². The van der Waals surface area contributed by atoms with Crippen LogP contribution in [-0.2, 0) is 4.79 Å². The van der Waals surface area contributed by atoms with Crippen molar-refractivity contribution in [3.8, 4) is 0 Å². The van der Waals surface area contributed by atoms with Gasteiger partial charge >= 0.3 is 12.0 Å². The van der Waals surface area contributed by atoms with Crippen LogP contribution in [0.15, 0.2) is 0 Å². The maximum atomic E-state index is 12.1. The van der Waals surface area contributed by atoms with Crippen molar-refractivity contribution in [1.29, 1.82) is 0 Å². The topological polar surface area (TPSA) is 81.1 Å². The number of likely N-dealkylation sites (tertiary alicyclic amines) is 1. The van der Waals surface area contributed by atoms with Crippen molar-refractivity contribution in [3.63, 3.8) is 0 Å². The second kappa shape index (κ2) is 7.20. The van der Waals surface area contributed by atoms with E-state index in [2.05, 4.69) is 0 Å². The summed E-state index contributed by atoms with van der Waals surface area (Å²) in [5, 5.41) is 17.8. The lowest BCUT2D eigenvalue weighted by Gasteiger charge is -2.34. The number of urea groups is 1. The number of carbonyl (C=O) groups excluding carboxylic acids is 1. The lowest BCUT2D eigenvalue weighted by atomic mass is 9.97. The molecule has 0 atom stereocenters. The number of aliphatic carboxylic acids is 1. The SMILES string of the molecule is CCCN(CCO)C(=O)N1CCC(C(=O)O)CC1. The van der Waals surface area contributed by atoms with Crippen LogP contribution >= 0.6 is 0 Å². The smallest absolute Gasteiger partial charge is 0.320 e. The number of hydrogen-bond acceptors (Lipinski definition) is 3. The molecule has 0 bridgehead atoms. The van der Waals surface area contributed by atoms with Crippen LogP contribution in [0.25, 0.3) is 0 Å². The molecule has 1 aliphatic heterocycles. The van der Waals surface area contributed by atoms with Crippen LogP contribution in [0.2, 0.25) is 0 Å². The number of amides is 2. The average molecular weight is 258 g/mol. The Morgan fingerprint density at radius 1 is 1.28 bits per heavy atom. The number of aliphatic hydroxyl groups excluding tert-OH is 1. The molecule has 1 heterocycles. The molecule has 1 saturated heterocycles. The van der Waals surface area contributed by atoms with Gasteiger partial charge in [0.25, 0.3) is 0 Å². The number of hydrogen-bond donors (Lipinski definition) is 2. The molecule has 104 valence electrons. The largest absolute Gasteiger partial charge is 0.481 e. The summed E-state index contributed by atoms with van der Waals surface area (Å²) in [6.07, 6.45) is 1.87. The monoisotopic (exact) mass is 258 g/mol. The highest BCUT2D eigenvalue weighted by Gasteiger charge is 2.28. The third kappa shape index (κ3) is 3.87. The van der Waals surface area contributed by atoms with Crippen LogP contribution in [0, 0.1) is 5.92 Å². The zero-order valence-electron chi connectivity index (χ0n) is 10.8. The van der Waals surface area contributed by atoms with E-state index in [1.54, 1.807) is 9.80 Å². The van der Waals surface area contributed by atoms with Gasteiger partial charge in [-0.25, -0.2) is 4.79 Å². The first-order valence-corrected chi connectivity index (χ1v) is 6.47. The predicted molar refractivity (Wildman–Crippen MR) is 66.3 cm³/mol. The Balaban J connectivity index is 2.49. The second-order valence-corrected chi connectivity index (χ2v) is 4.59. The van der Waals surface area contributed by atoms with Gasteiger partial charge in [-0.1, -0.05) is 6.92 Å². The number of aliphatic hydroxyl groups is 1. The summed E-state index contributed by atoms with van der Waals surface area (Å²) in [5.74, 6) is -1.10. The van der Waals surface area contributed by atoms with Crippen molar-refractivity contribution >= 4 is 12.0 Å². The van der Waals surface area contributed by atoms with E-state index in [-0.39, 0.29) is 18.6 Å². The van der Waals surface area contributed by atoms with Gasteiger partial charge in [0.1, 0.15) is 0 Å². The van der Waals surface area contributed by atoms with E-state index < -0.39 is 5.97 Å². The van der Waals surface area contributed by atoms with E-state index in [0.717, 1.165) is 6.42 Å². The summed E-state index contributed by atoms with van der Waals surface area (Å²) in [6, 6.07) is -0.0882. The van der Waals surface area contributed by atoms with Crippen LogP contribution in [0.4, 0.5) is 4.79 Å². The Hall–Kier alpha value is -1.30. The molecule has 0 spiro atoms. The van der Waals surface area contributed by atoms with Crippen LogP contribution < -0.4 is 0 Å². The van der Waals surface area contributed by atoms with Crippen LogP contribution in [0.5, 0.6) is 0 Å². The molecular weight excluding hydrogens is 236 g/mol. The molecule has 1 aliphatic rings. The van der Waals surface area contributed by atoms with Gasteiger partial charge in [0, 0.05) is 26.2 Å². The van der Waals surface area contributed by atoms with Crippen molar-refractivity contribution in [3.05, 3.63) is 0 Å². The first-order valence-electron chi connectivity index (χ1n) is 6.47. The molecule has 0 saturated carbocycles. The van der Waals surface area contributed by atoms with E-state index in [0.29, 0.717) is 39.0 Å². The first kappa shape index (κ1) is 14.8. The summed E-state index contributed by atoms with van der Waals surface area (Å²) >= 11 is 0. The van der Waals surface area contributed by atoms with Gasteiger partial charge in [-0.2, -0.15) is 0 Å². The van der Waals surface area contributed by atoms with E-state index >= 15 is 0 Å². The molecule has 1 fully saturated rings. The quantitative estimate of drug-likeness (QED) is 0.757. The minimum Gasteiger partial charge on any atom is -0.481 e. The van der Waals surface area contributed by atoms with Crippen molar-refractivity contribution in [2.75, 3.05) is 32.8 Å². The molecule has 2 N–H and O–H groups in total. The molecular formula is C12H22N2O4. The standard InChI is InChI=1S/C12H22N2O4/c1-2-5-13(8-9-15)12(18)14-6-3-10(4-7-14)11(16)17/h10,15H,2-9H2,1H3,(H,16,17). The number of carboxylic acids is 1. The van der Waals surface area contributed by atoms with Gasteiger partial charge in [-0.3, -0.25) is 4.79 Å². The molecule has 1 rings (SSSR count). The van der Waals surface area contributed by atoms with Crippen molar-refractivity contribution in [2.45, 2.75) is 26.2 Å².